The Kier molecular flexibility index (Phi) is 3.73. The topological polar surface area (TPSA) is 92.1 Å². The number of nitrogens with zero attached hydrogens (tertiary/aromatic N) is 2. The van der Waals surface area contributed by atoms with Gasteiger partial charge in [-0.2, -0.15) is 4.31 Å². The summed E-state index contributed by atoms with van der Waals surface area (Å²) in [7, 11) is -3.51. The van der Waals surface area contributed by atoms with Gasteiger partial charge in [0.05, 0.1) is 0 Å². The zero-order chi connectivity index (χ0) is 15.0. The maximum Gasteiger partial charge on any atom is 0.245 e. The van der Waals surface area contributed by atoms with Crippen LogP contribution in [0.5, 0.6) is 0 Å². The molecule has 0 saturated carbocycles. The van der Waals surface area contributed by atoms with Crippen LogP contribution >= 0.6 is 0 Å². The molecule has 1 aliphatic heterocycles. The lowest BCUT2D eigenvalue weighted by molar-refractivity contribution is 0.243. The van der Waals surface area contributed by atoms with Crippen molar-refractivity contribution in [2.75, 3.05) is 13.1 Å². The van der Waals surface area contributed by atoms with E-state index in [2.05, 4.69) is 9.97 Å². The lowest BCUT2D eigenvalue weighted by atomic mass is 9.93. The van der Waals surface area contributed by atoms with Gasteiger partial charge in [0.15, 0.2) is 0 Å². The molecule has 0 aromatic carbocycles. The first-order valence-corrected chi connectivity index (χ1v) is 8.62. The van der Waals surface area contributed by atoms with Crippen LogP contribution in [0.1, 0.15) is 19.8 Å². The SMILES string of the molecule is CC(N)C1CCCN(S(=O)(=O)c2c[nH]c3ncccc23)C1. The van der Waals surface area contributed by atoms with Crippen LogP contribution in [0.4, 0.5) is 0 Å². The van der Waals surface area contributed by atoms with Crippen molar-refractivity contribution in [1.29, 1.82) is 0 Å². The molecule has 0 bridgehead atoms. The summed E-state index contributed by atoms with van der Waals surface area (Å²) in [4.78, 5) is 7.37. The lowest BCUT2D eigenvalue weighted by Gasteiger charge is -2.33. The summed E-state index contributed by atoms with van der Waals surface area (Å²) in [6.45, 7) is 2.99. The minimum Gasteiger partial charge on any atom is -0.345 e. The fourth-order valence-electron chi connectivity index (χ4n) is 2.90. The van der Waals surface area contributed by atoms with Crippen molar-refractivity contribution in [3.05, 3.63) is 24.5 Å². The van der Waals surface area contributed by atoms with Crippen LogP contribution in [0, 0.1) is 5.92 Å². The van der Waals surface area contributed by atoms with E-state index in [0.717, 1.165) is 12.8 Å². The van der Waals surface area contributed by atoms with E-state index < -0.39 is 10.0 Å². The van der Waals surface area contributed by atoms with Gasteiger partial charge in [0.1, 0.15) is 10.5 Å². The Morgan fingerprint density at radius 2 is 2.33 bits per heavy atom. The molecule has 2 aromatic rings. The largest absolute Gasteiger partial charge is 0.345 e. The molecular weight excluding hydrogens is 288 g/mol. The number of H-pyrrole nitrogens is 1. The molecule has 0 aliphatic carbocycles. The molecule has 0 spiro atoms. The van der Waals surface area contributed by atoms with Crippen LogP contribution < -0.4 is 5.73 Å². The molecule has 6 nitrogen and oxygen atoms in total. The molecule has 3 N–H and O–H groups in total. The van der Waals surface area contributed by atoms with Crippen molar-refractivity contribution in [2.24, 2.45) is 11.7 Å². The molecule has 1 saturated heterocycles. The Balaban J connectivity index is 1.96. The first-order valence-electron chi connectivity index (χ1n) is 7.18. The predicted octanol–water partition coefficient (Wildman–Crippen LogP) is 1.31. The summed E-state index contributed by atoms with van der Waals surface area (Å²) in [5.41, 5.74) is 6.54. The Hall–Kier alpha value is -1.44. The number of piperidine rings is 1. The van der Waals surface area contributed by atoms with E-state index in [4.69, 9.17) is 5.73 Å². The Bertz CT molecular complexity index is 738. The molecule has 114 valence electrons. The van der Waals surface area contributed by atoms with Crippen LogP contribution in [0.25, 0.3) is 11.0 Å². The maximum atomic E-state index is 12.9. The summed E-state index contributed by atoms with van der Waals surface area (Å²) in [6, 6.07) is 3.53. The number of sulfonamides is 1. The number of nitrogens with one attached hydrogen (secondary N) is 1. The number of hydrogen-bond donors (Lipinski definition) is 2. The Morgan fingerprint density at radius 3 is 3.10 bits per heavy atom. The zero-order valence-corrected chi connectivity index (χ0v) is 12.8. The fourth-order valence-corrected chi connectivity index (χ4v) is 4.59. The molecule has 3 heterocycles. The van der Waals surface area contributed by atoms with Crippen molar-refractivity contribution < 1.29 is 8.42 Å². The second kappa shape index (κ2) is 5.40. The summed E-state index contributed by atoms with van der Waals surface area (Å²) in [6.07, 6.45) is 5.01. The van der Waals surface area contributed by atoms with Gasteiger partial charge in [-0.05, 0) is 37.8 Å². The maximum absolute atomic E-state index is 12.9. The van der Waals surface area contributed by atoms with Crippen LogP contribution in [0.2, 0.25) is 0 Å². The fraction of sp³-hybridized carbons (Fsp3) is 0.500. The van der Waals surface area contributed by atoms with Gasteiger partial charge in [-0.1, -0.05) is 0 Å². The van der Waals surface area contributed by atoms with Crippen molar-refractivity contribution in [2.45, 2.75) is 30.7 Å². The quantitative estimate of drug-likeness (QED) is 0.894. The van der Waals surface area contributed by atoms with Crippen molar-refractivity contribution in [3.63, 3.8) is 0 Å². The molecule has 7 heteroatoms. The molecule has 3 rings (SSSR count). The van der Waals surface area contributed by atoms with Gasteiger partial charge in [0, 0.05) is 36.9 Å². The van der Waals surface area contributed by atoms with Gasteiger partial charge < -0.3 is 10.7 Å². The third-order valence-electron chi connectivity index (χ3n) is 4.20. The summed E-state index contributed by atoms with van der Waals surface area (Å²) < 4.78 is 27.3. The second-order valence-corrected chi connectivity index (χ2v) is 7.58. The minimum atomic E-state index is -3.51. The number of hydrogen-bond acceptors (Lipinski definition) is 4. The second-order valence-electron chi connectivity index (χ2n) is 5.68. The van der Waals surface area contributed by atoms with Gasteiger partial charge in [0.2, 0.25) is 10.0 Å². The zero-order valence-electron chi connectivity index (χ0n) is 12.0. The van der Waals surface area contributed by atoms with E-state index in [0.29, 0.717) is 29.0 Å². The molecular formula is C14H20N4O2S. The molecule has 0 amide bonds. The van der Waals surface area contributed by atoms with E-state index >= 15 is 0 Å². The van der Waals surface area contributed by atoms with Gasteiger partial charge in [0.25, 0.3) is 0 Å². The molecule has 21 heavy (non-hydrogen) atoms. The molecule has 2 atom stereocenters. The number of nitrogens with two attached hydrogens (primary N) is 1. The van der Waals surface area contributed by atoms with Crippen LogP contribution in [-0.2, 0) is 10.0 Å². The van der Waals surface area contributed by atoms with Crippen molar-refractivity contribution in [3.8, 4) is 0 Å². The van der Waals surface area contributed by atoms with Gasteiger partial charge >= 0.3 is 0 Å². The van der Waals surface area contributed by atoms with E-state index in [1.54, 1.807) is 22.6 Å². The summed E-state index contributed by atoms with van der Waals surface area (Å²) in [5.74, 6) is 0.219. The van der Waals surface area contributed by atoms with Crippen LogP contribution in [-0.4, -0.2) is 41.8 Å². The van der Waals surface area contributed by atoms with Crippen LogP contribution in [0.3, 0.4) is 0 Å². The highest BCUT2D eigenvalue weighted by Crippen LogP contribution is 2.28. The summed E-state index contributed by atoms with van der Waals surface area (Å²) >= 11 is 0. The first-order chi connectivity index (χ1) is 10.00. The minimum absolute atomic E-state index is 0.00707. The highest BCUT2D eigenvalue weighted by molar-refractivity contribution is 7.89. The third kappa shape index (κ3) is 2.56. The highest BCUT2D eigenvalue weighted by atomic mass is 32.2. The van der Waals surface area contributed by atoms with E-state index in [9.17, 15) is 8.42 Å². The predicted molar refractivity (Wildman–Crippen MR) is 81.2 cm³/mol. The average Bonchev–Trinajstić information content (AvgIpc) is 2.92. The lowest BCUT2D eigenvalue weighted by Crippen LogP contribution is -2.44. The Morgan fingerprint density at radius 1 is 1.52 bits per heavy atom. The number of rotatable bonds is 3. The van der Waals surface area contributed by atoms with Crippen LogP contribution in [0.15, 0.2) is 29.4 Å². The highest BCUT2D eigenvalue weighted by Gasteiger charge is 2.33. The number of aromatic nitrogens is 2. The van der Waals surface area contributed by atoms with E-state index in [-0.39, 0.29) is 12.0 Å². The van der Waals surface area contributed by atoms with Gasteiger partial charge in [-0.3, -0.25) is 0 Å². The van der Waals surface area contributed by atoms with E-state index in [1.165, 1.54) is 6.20 Å². The third-order valence-corrected chi connectivity index (χ3v) is 6.10. The molecule has 0 radical (unpaired) electrons. The van der Waals surface area contributed by atoms with Gasteiger partial charge in [-0.15, -0.1) is 0 Å². The smallest absolute Gasteiger partial charge is 0.245 e. The molecule has 1 fully saturated rings. The number of pyridine rings is 1. The van der Waals surface area contributed by atoms with Crippen molar-refractivity contribution in [1.82, 2.24) is 14.3 Å². The van der Waals surface area contributed by atoms with Crippen molar-refractivity contribution >= 4 is 21.1 Å². The normalized spacial score (nSPS) is 22.5. The monoisotopic (exact) mass is 308 g/mol. The number of aromatic amines is 1. The Labute approximate surface area is 124 Å². The first kappa shape index (κ1) is 14.5. The standard InChI is InChI=1S/C14H20N4O2S/c1-10(15)11-4-3-7-18(9-11)21(19,20)13-8-17-14-12(13)5-2-6-16-14/h2,5-6,8,10-11H,3-4,7,9,15H2,1H3,(H,16,17). The molecule has 2 unspecified atom stereocenters. The number of fused-ring (bicyclic) bond motifs is 1. The summed E-state index contributed by atoms with van der Waals surface area (Å²) in [5, 5.41) is 0.639. The molecule has 2 aromatic heterocycles. The van der Waals surface area contributed by atoms with Gasteiger partial charge in [-0.25, -0.2) is 13.4 Å². The average molecular weight is 308 g/mol. The van der Waals surface area contributed by atoms with E-state index in [1.807, 2.05) is 6.92 Å². The molecule has 1 aliphatic rings.